The van der Waals surface area contributed by atoms with E-state index in [-0.39, 0.29) is 5.91 Å². The van der Waals surface area contributed by atoms with E-state index in [4.69, 9.17) is 6.42 Å². The molecular formula is C15H26N4O. The Labute approximate surface area is 122 Å². The summed E-state index contributed by atoms with van der Waals surface area (Å²) in [5.41, 5.74) is 0. The summed E-state index contributed by atoms with van der Waals surface area (Å²) in [5, 5.41) is 6.11. The molecule has 20 heavy (non-hydrogen) atoms. The monoisotopic (exact) mass is 278 g/mol. The molecule has 1 aliphatic rings. The fourth-order valence-electron chi connectivity index (χ4n) is 2.35. The molecule has 0 bridgehead atoms. The van der Waals surface area contributed by atoms with Gasteiger partial charge in [-0.25, -0.2) is 0 Å². The summed E-state index contributed by atoms with van der Waals surface area (Å²) in [6.45, 7) is 6.70. The Hall–Kier alpha value is -1.70. The molecule has 1 aliphatic heterocycles. The van der Waals surface area contributed by atoms with Crippen LogP contribution in [0.5, 0.6) is 0 Å². The molecule has 2 N–H and O–H groups in total. The van der Waals surface area contributed by atoms with Crippen LogP contribution in [0.2, 0.25) is 0 Å². The lowest BCUT2D eigenvalue weighted by Gasteiger charge is -2.33. The van der Waals surface area contributed by atoms with Crippen molar-refractivity contribution in [3.8, 4) is 12.3 Å². The van der Waals surface area contributed by atoms with E-state index < -0.39 is 0 Å². The van der Waals surface area contributed by atoms with Crippen LogP contribution in [0.25, 0.3) is 0 Å². The zero-order valence-corrected chi connectivity index (χ0v) is 12.6. The molecule has 0 saturated carbocycles. The number of carbonyl (C=O) groups excluding carboxylic acids is 1. The van der Waals surface area contributed by atoms with Crippen LogP contribution in [0.3, 0.4) is 0 Å². The molecule has 1 saturated heterocycles. The number of nitrogens with one attached hydrogen (secondary N) is 2. The van der Waals surface area contributed by atoms with Crippen molar-refractivity contribution in [1.82, 2.24) is 15.5 Å². The van der Waals surface area contributed by atoms with Gasteiger partial charge in [0.1, 0.15) is 0 Å². The first-order chi connectivity index (χ1) is 9.69. The van der Waals surface area contributed by atoms with Crippen LogP contribution in [0.15, 0.2) is 4.99 Å². The molecule has 0 aromatic rings. The number of amides is 1. The highest BCUT2D eigenvalue weighted by Gasteiger charge is 2.22. The van der Waals surface area contributed by atoms with Crippen molar-refractivity contribution < 1.29 is 4.79 Å². The average Bonchev–Trinajstić information content (AvgIpc) is 2.45. The molecule has 1 amide bonds. The summed E-state index contributed by atoms with van der Waals surface area (Å²) in [6, 6.07) is 0.369. The smallest absolute Gasteiger partial charge is 0.224 e. The predicted molar refractivity (Wildman–Crippen MR) is 82.5 cm³/mol. The maximum absolute atomic E-state index is 12.1. The van der Waals surface area contributed by atoms with Crippen LogP contribution in [0.1, 0.15) is 39.5 Å². The van der Waals surface area contributed by atoms with Gasteiger partial charge >= 0.3 is 0 Å². The second-order valence-electron chi connectivity index (χ2n) is 5.00. The van der Waals surface area contributed by atoms with Crippen molar-refractivity contribution in [3.05, 3.63) is 0 Å². The Morgan fingerprint density at radius 2 is 2.25 bits per heavy atom. The summed E-state index contributed by atoms with van der Waals surface area (Å²) >= 11 is 0. The van der Waals surface area contributed by atoms with E-state index in [1.807, 2.05) is 11.8 Å². The van der Waals surface area contributed by atoms with Crippen molar-refractivity contribution in [2.45, 2.75) is 45.6 Å². The number of guanidine groups is 1. The predicted octanol–water partition coefficient (Wildman–Crippen LogP) is 0.966. The second-order valence-corrected chi connectivity index (χ2v) is 5.00. The zero-order valence-electron chi connectivity index (χ0n) is 12.6. The SMILES string of the molecule is C#CCNC(=NCCC(=O)N1CCCCC1C)NCC. The molecule has 5 nitrogen and oxygen atoms in total. The number of rotatable bonds is 5. The standard InChI is InChI=1S/C15H26N4O/c1-4-10-17-15(16-5-2)18-11-9-14(20)19-12-7-6-8-13(19)3/h1,13H,5-12H2,2-3H3,(H2,16,17,18). The van der Waals surface area contributed by atoms with Gasteiger partial charge in [-0.15, -0.1) is 6.42 Å². The fraction of sp³-hybridized carbons (Fsp3) is 0.733. The largest absolute Gasteiger partial charge is 0.357 e. The van der Waals surface area contributed by atoms with Gasteiger partial charge in [-0.3, -0.25) is 9.79 Å². The van der Waals surface area contributed by atoms with Crippen molar-refractivity contribution in [2.75, 3.05) is 26.2 Å². The summed E-state index contributed by atoms with van der Waals surface area (Å²) < 4.78 is 0. The minimum absolute atomic E-state index is 0.203. The molecule has 1 atom stereocenters. The quantitative estimate of drug-likeness (QED) is 0.447. The third kappa shape index (κ3) is 5.52. The lowest BCUT2D eigenvalue weighted by Crippen LogP contribution is -2.42. The Kier molecular flexibility index (Phi) is 7.56. The Bertz CT molecular complexity index is 373. The third-order valence-electron chi connectivity index (χ3n) is 3.42. The summed E-state index contributed by atoms with van der Waals surface area (Å²) in [7, 11) is 0. The molecule has 0 aliphatic carbocycles. The molecule has 0 radical (unpaired) electrons. The molecular weight excluding hydrogens is 252 g/mol. The molecule has 112 valence electrons. The van der Waals surface area contributed by atoms with Gasteiger partial charge in [-0.05, 0) is 33.1 Å². The fourth-order valence-corrected chi connectivity index (χ4v) is 2.35. The number of nitrogens with zero attached hydrogens (tertiary/aromatic N) is 2. The number of terminal acetylenes is 1. The molecule has 1 rings (SSSR count). The Balaban J connectivity index is 2.39. The van der Waals surface area contributed by atoms with Crippen LogP contribution >= 0.6 is 0 Å². The first-order valence-electron chi connectivity index (χ1n) is 7.44. The van der Waals surface area contributed by atoms with Gasteiger partial charge in [0.2, 0.25) is 5.91 Å². The number of hydrogen-bond acceptors (Lipinski definition) is 2. The lowest BCUT2D eigenvalue weighted by molar-refractivity contribution is -0.134. The summed E-state index contributed by atoms with van der Waals surface area (Å²) in [6.07, 6.45) is 9.12. The van der Waals surface area contributed by atoms with Gasteiger partial charge in [-0.2, -0.15) is 0 Å². The van der Waals surface area contributed by atoms with Crippen LogP contribution < -0.4 is 10.6 Å². The van der Waals surface area contributed by atoms with E-state index >= 15 is 0 Å². The zero-order chi connectivity index (χ0) is 14.8. The number of likely N-dealkylation sites (tertiary alicyclic amines) is 1. The molecule has 1 heterocycles. The van der Waals surface area contributed by atoms with Gasteiger partial charge < -0.3 is 15.5 Å². The summed E-state index contributed by atoms with van der Waals surface area (Å²) in [4.78, 5) is 18.5. The number of piperidine rings is 1. The highest BCUT2D eigenvalue weighted by atomic mass is 16.2. The maximum Gasteiger partial charge on any atom is 0.224 e. The highest BCUT2D eigenvalue weighted by molar-refractivity contribution is 5.81. The van der Waals surface area contributed by atoms with Gasteiger partial charge in [0.15, 0.2) is 5.96 Å². The van der Waals surface area contributed by atoms with Crippen LogP contribution in [-0.2, 0) is 4.79 Å². The van der Waals surface area contributed by atoms with Crippen LogP contribution in [0.4, 0.5) is 0 Å². The Morgan fingerprint density at radius 1 is 1.45 bits per heavy atom. The highest BCUT2D eigenvalue weighted by Crippen LogP contribution is 2.17. The molecule has 1 fully saturated rings. The molecule has 1 unspecified atom stereocenters. The van der Waals surface area contributed by atoms with Gasteiger partial charge in [-0.1, -0.05) is 5.92 Å². The van der Waals surface area contributed by atoms with Gasteiger partial charge in [0.05, 0.1) is 13.1 Å². The number of aliphatic imine (C=N–C) groups is 1. The molecule has 0 aromatic heterocycles. The van der Waals surface area contributed by atoms with E-state index in [0.29, 0.717) is 31.5 Å². The van der Waals surface area contributed by atoms with E-state index in [1.165, 1.54) is 6.42 Å². The summed E-state index contributed by atoms with van der Waals surface area (Å²) in [5.74, 6) is 3.38. The number of hydrogen-bond donors (Lipinski definition) is 2. The first kappa shape index (κ1) is 16.4. The second kappa shape index (κ2) is 9.24. The minimum Gasteiger partial charge on any atom is -0.357 e. The molecule has 0 spiro atoms. The van der Waals surface area contributed by atoms with Crippen molar-refractivity contribution >= 4 is 11.9 Å². The van der Waals surface area contributed by atoms with Crippen molar-refractivity contribution in [2.24, 2.45) is 4.99 Å². The topological polar surface area (TPSA) is 56.7 Å². The van der Waals surface area contributed by atoms with E-state index in [9.17, 15) is 4.79 Å². The van der Waals surface area contributed by atoms with E-state index in [1.54, 1.807) is 0 Å². The number of carbonyl (C=O) groups is 1. The van der Waals surface area contributed by atoms with Crippen LogP contribution in [0, 0.1) is 12.3 Å². The van der Waals surface area contributed by atoms with E-state index in [0.717, 1.165) is 25.9 Å². The third-order valence-corrected chi connectivity index (χ3v) is 3.42. The van der Waals surface area contributed by atoms with E-state index in [2.05, 4.69) is 28.5 Å². The van der Waals surface area contributed by atoms with Crippen molar-refractivity contribution in [1.29, 1.82) is 0 Å². The molecule has 0 aromatic carbocycles. The average molecular weight is 278 g/mol. The van der Waals surface area contributed by atoms with Crippen LogP contribution in [-0.4, -0.2) is 49.0 Å². The minimum atomic E-state index is 0.203. The normalized spacial score (nSPS) is 19.4. The lowest BCUT2D eigenvalue weighted by atomic mass is 10.0. The first-order valence-corrected chi connectivity index (χ1v) is 7.44. The molecule has 5 heteroatoms. The Morgan fingerprint density at radius 3 is 2.90 bits per heavy atom. The van der Waals surface area contributed by atoms with Gasteiger partial charge in [0, 0.05) is 25.6 Å². The van der Waals surface area contributed by atoms with Gasteiger partial charge in [0.25, 0.3) is 0 Å². The van der Waals surface area contributed by atoms with Crippen molar-refractivity contribution in [3.63, 3.8) is 0 Å². The maximum atomic E-state index is 12.1.